The van der Waals surface area contributed by atoms with Gasteiger partial charge in [-0.1, -0.05) is 60.7 Å². The van der Waals surface area contributed by atoms with Crippen LogP contribution in [-0.4, -0.2) is 35.3 Å². The molecule has 7 nitrogen and oxygen atoms in total. The quantitative estimate of drug-likeness (QED) is 0.377. The largest absolute Gasteiger partial charge is 0.462 e. The molecule has 1 amide bonds. The molecule has 0 N–H and O–H groups in total. The summed E-state index contributed by atoms with van der Waals surface area (Å²) in [6, 6.07) is 21.8. The van der Waals surface area contributed by atoms with Crippen molar-refractivity contribution in [3.05, 3.63) is 72.3 Å². The van der Waals surface area contributed by atoms with Gasteiger partial charge in [-0.25, -0.2) is 4.79 Å². The molecule has 0 saturated carbocycles. The van der Waals surface area contributed by atoms with E-state index >= 15 is 0 Å². The standard InChI is InChI=1S/C26H27NO6/c1-18(28)31-17-26(3,4)32-25(30)27(33-19(2)29)16-23-12-8-11-21-13-14-22(15-24(21)23)20-9-6-5-7-10-20/h5-15H,16-17H2,1-4H3. The number of ether oxygens (including phenoxy) is 2. The van der Waals surface area contributed by atoms with Crippen LogP contribution in [0.5, 0.6) is 0 Å². The number of carbonyl (C=O) groups is 3. The molecule has 0 unspecified atom stereocenters. The van der Waals surface area contributed by atoms with E-state index in [2.05, 4.69) is 0 Å². The van der Waals surface area contributed by atoms with E-state index in [9.17, 15) is 14.4 Å². The van der Waals surface area contributed by atoms with Gasteiger partial charge in [0.15, 0.2) is 0 Å². The van der Waals surface area contributed by atoms with Gasteiger partial charge in [-0.3, -0.25) is 9.59 Å². The fraction of sp³-hybridized carbons (Fsp3) is 0.269. The van der Waals surface area contributed by atoms with Gasteiger partial charge in [0.25, 0.3) is 0 Å². The molecule has 33 heavy (non-hydrogen) atoms. The van der Waals surface area contributed by atoms with Gasteiger partial charge in [0, 0.05) is 13.8 Å². The summed E-state index contributed by atoms with van der Waals surface area (Å²) >= 11 is 0. The summed E-state index contributed by atoms with van der Waals surface area (Å²) in [6.07, 6.45) is -0.862. The van der Waals surface area contributed by atoms with Crippen LogP contribution in [0.25, 0.3) is 21.9 Å². The minimum atomic E-state index is -1.11. The van der Waals surface area contributed by atoms with Crippen molar-refractivity contribution in [2.45, 2.75) is 39.8 Å². The second kappa shape index (κ2) is 10.2. The third-order valence-electron chi connectivity index (χ3n) is 4.82. The smallest absolute Gasteiger partial charge is 0.444 e. The summed E-state index contributed by atoms with van der Waals surface area (Å²) in [5, 5.41) is 2.78. The lowest BCUT2D eigenvalue weighted by Gasteiger charge is -2.28. The Morgan fingerprint density at radius 3 is 2.24 bits per heavy atom. The molecule has 0 aliphatic heterocycles. The van der Waals surface area contributed by atoms with Crippen LogP contribution in [0, 0.1) is 0 Å². The van der Waals surface area contributed by atoms with Crippen molar-refractivity contribution in [3.8, 4) is 11.1 Å². The topological polar surface area (TPSA) is 82.1 Å². The van der Waals surface area contributed by atoms with Crippen molar-refractivity contribution in [3.63, 3.8) is 0 Å². The Bertz CT molecular complexity index is 1160. The van der Waals surface area contributed by atoms with Gasteiger partial charge in [0.05, 0.1) is 6.54 Å². The van der Waals surface area contributed by atoms with Crippen molar-refractivity contribution in [2.24, 2.45) is 0 Å². The van der Waals surface area contributed by atoms with Crippen LogP contribution in [-0.2, 0) is 30.4 Å². The molecule has 0 bridgehead atoms. The van der Waals surface area contributed by atoms with Crippen LogP contribution in [0.4, 0.5) is 4.79 Å². The van der Waals surface area contributed by atoms with Gasteiger partial charge in [-0.2, -0.15) is 0 Å². The Labute approximate surface area is 192 Å². The van der Waals surface area contributed by atoms with Crippen molar-refractivity contribution in [2.75, 3.05) is 6.61 Å². The molecule has 172 valence electrons. The second-order valence-corrected chi connectivity index (χ2v) is 8.25. The van der Waals surface area contributed by atoms with Gasteiger partial charge in [-0.15, -0.1) is 5.06 Å². The second-order valence-electron chi connectivity index (χ2n) is 8.25. The third kappa shape index (κ3) is 6.55. The van der Waals surface area contributed by atoms with E-state index in [0.29, 0.717) is 0 Å². The van der Waals surface area contributed by atoms with Crippen LogP contribution in [0.2, 0.25) is 0 Å². The number of carbonyl (C=O) groups excluding carboxylic acids is 3. The number of hydrogen-bond acceptors (Lipinski definition) is 6. The lowest BCUT2D eigenvalue weighted by atomic mass is 9.98. The average Bonchev–Trinajstić information content (AvgIpc) is 2.77. The van der Waals surface area contributed by atoms with Crippen LogP contribution in [0.3, 0.4) is 0 Å². The summed E-state index contributed by atoms with van der Waals surface area (Å²) in [6.45, 7) is 5.54. The molecule has 0 heterocycles. The lowest BCUT2D eigenvalue weighted by molar-refractivity contribution is -0.186. The van der Waals surface area contributed by atoms with E-state index in [1.807, 2.05) is 66.7 Å². The summed E-state index contributed by atoms with van der Waals surface area (Å²) in [7, 11) is 0. The van der Waals surface area contributed by atoms with Crippen LogP contribution in [0.15, 0.2) is 66.7 Å². The van der Waals surface area contributed by atoms with Crippen LogP contribution in [0.1, 0.15) is 33.3 Å². The van der Waals surface area contributed by atoms with E-state index in [4.69, 9.17) is 14.3 Å². The average molecular weight is 450 g/mol. The number of rotatable bonds is 6. The SMILES string of the molecule is CC(=O)OCC(C)(C)OC(=O)N(Cc1cccc2ccc(-c3ccccc3)cc12)OC(C)=O. The van der Waals surface area contributed by atoms with Gasteiger partial charge in [0.2, 0.25) is 0 Å². The van der Waals surface area contributed by atoms with Crippen molar-refractivity contribution in [1.29, 1.82) is 0 Å². The van der Waals surface area contributed by atoms with Gasteiger partial charge in [-0.05, 0) is 47.4 Å². The van der Waals surface area contributed by atoms with E-state index in [-0.39, 0.29) is 13.2 Å². The fourth-order valence-electron chi connectivity index (χ4n) is 3.32. The van der Waals surface area contributed by atoms with Gasteiger partial charge in [0.1, 0.15) is 12.2 Å². The summed E-state index contributed by atoms with van der Waals surface area (Å²) in [5.74, 6) is -1.14. The zero-order valence-corrected chi connectivity index (χ0v) is 19.2. The first-order chi connectivity index (χ1) is 15.6. The highest BCUT2D eigenvalue weighted by Crippen LogP contribution is 2.28. The molecule has 0 aromatic heterocycles. The molecule has 3 aromatic carbocycles. The number of esters is 1. The van der Waals surface area contributed by atoms with Crippen LogP contribution < -0.4 is 0 Å². The van der Waals surface area contributed by atoms with E-state index in [1.165, 1.54) is 13.8 Å². The molecule has 3 aromatic rings. The number of fused-ring (bicyclic) bond motifs is 1. The number of hydroxylamine groups is 2. The number of nitrogens with zero attached hydrogens (tertiary/aromatic N) is 1. The maximum atomic E-state index is 12.9. The molecule has 0 saturated heterocycles. The molecule has 7 heteroatoms. The highest BCUT2D eigenvalue weighted by atomic mass is 16.8. The Morgan fingerprint density at radius 2 is 1.58 bits per heavy atom. The molecule has 0 atom stereocenters. The van der Waals surface area contributed by atoms with Crippen molar-refractivity contribution < 1.29 is 28.7 Å². The Morgan fingerprint density at radius 1 is 0.848 bits per heavy atom. The monoisotopic (exact) mass is 449 g/mol. The molecule has 0 spiro atoms. The predicted molar refractivity (Wildman–Crippen MR) is 124 cm³/mol. The Balaban J connectivity index is 1.89. The number of amides is 1. The fourth-order valence-corrected chi connectivity index (χ4v) is 3.32. The van der Waals surface area contributed by atoms with Gasteiger partial charge >= 0.3 is 18.0 Å². The molecular weight excluding hydrogens is 422 g/mol. The molecule has 0 aliphatic carbocycles. The van der Waals surface area contributed by atoms with E-state index in [1.54, 1.807) is 13.8 Å². The summed E-state index contributed by atoms with van der Waals surface area (Å²) in [4.78, 5) is 40.8. The maximum Gasteiger partial charge on any atom is 0.444 e. The summed E-state index contributed by atoms with van der Waals surface area (Å²) in [5.41, 5.74) is 1.76. The van der Waals surface area contributed by atoms with Crippen molar-refractivity contribution >= 4 is 28.8 Å². The predicted octanol–water partition coefficient (Wildman–Crippen LogP) is 5.27. The Hall–Kier alpha value is -3.87. The number of hydrogen-bond donors (Lipinski definition) is 0. The lowest BCUT2D eigenvalue weighted by Crippen LogP contribution is -2.41. The first-order valence-corrected chi connectivity index (χ1v) is 10.5. The molecular formula is C26H27NO6. The minimum Gasteiger partial charge on any atom is -0.462 e. The minimum absolute atomic E-state index is 0.0162. The highest BCUT2D eigenvalue weighted by Gasteiger charge is 2.30. The zero-order chi connectivity index (χ0) is 24.0. The third-order valence-corrected chi connectivity index (χ3v) is 4.82. The van der Waals surface area contributed by atoms with E-state index < -0.39 is 23.6 Å². The maximum absolute atomic E-state index is 12.9. The zero-order valence-electron chi connectivity index (χ0n) is 19.2. The first-order valence-electron chi connectivity index (χ1n) is 10.5. The number of benzene rings is 3. The van der Waals surface area contributed by atoms with Crippen molar-refractivity contribution in [1.82, 2.24) is 5.06 Å². The van der Waals surface area contributed by atoms with Crippen LogP contribution >= 0.6 is 0 Å². The molecule has 0 fully saturated rings. The highest BCUT2D eigenvalue weighted by molar-refractivity contribution is 5.90. The normalized spacial score (nSPS) is 11.0. The molecule has 0 radical (unpaired) electrons. The summed E-state index contributed by atoms with van der Waals surface area (Å²) < 4.78 is 10.4. The van der Waals surface area contributed by atoms with Gasteiger partial charge < -0.3 is 14.3 Å². The first kappa shape index (κ1) is 23.8. The molecule has 3 rings (SSSR count). The van der Waals surface area contributed by atoms with E-state index in [0.717, 1.165) is 32.5 Å². The molecule has 0 aliphatic rings. The Kier molecular flexibility index (Phi) is 7.33.